The number of hydrogen-bond donors (Lipinski definition) is 0. The highest BCUT2D eigenvalue weighted by molar-refractivity contribution is 9.10. The van der Waals surface area contributed by atoms with Crippen molar-refractivity contribution < 1.29 is 0 Å². The summed E-state index contributed by atoms with van der Waals surface area (Å²) in [5.41, 5.74) is 1.02. The quantitative estimate of drug-likeness (QED) is 0.676. The van der Waals surface area contributed by atoms with Crippen molar-refractivity contribution in [1.29, 1.82) is 0 Å². The molecule has 0 amide bonds. The zero-order valence-corrected chi connectivity index (χ0v) is 8.78. The van der Waals surface area contributed by atoms with E-state index in [0.29, 0.717) is 5.92 Å². The van der Waals surface area contributed by atoms with Crippen LogP contribution in [0, 0.1) is 0 Å². The first-order valence-corrected chi connectivity index (χ1v) is 4.59. The molecule has 0 atom stereocenters. The van der Waals surface area contributed by atoms with Crippen LogP contribution in [0.5, 0.6) is 0 Å². The summed E-state index contributed by atoms with van der Waals surface area (Å²) in [7, 11) is 0. The maximum absolute atomic E-state index is 5.82. The number of aromatic nitrogens is 1. The van der Waals surface area contributed by atoms with Crippen molar-refractivity contribution in [1.82, 2.24) is 4.98 Å². The predicted octanol–water partition coefficient (Wildman–Crippen LogP) is 3.62. The second-order valence-electron chi connectivity index (χ2n) is 2.69. The fourth-order valence-electron chi connectivity index (χ4n) is 0.780. The molecule has 0 saturated heterocycles. The summed E-state index contributed by atoms with van der Waals surface area (Å²) in [5.74, 6) is 0.421. The van der Waals surface area contributed by atoms with Crippen LogP contribution >= 0.6 is 27.5 Å². The summed E-state index contributed by atoms with van der Waals surface area (Å²) >= 11 is 9.11. The summed E-state index contributed by atoms with van der Waals surface area (Å²) in [6, 6.07) is 3.67. The maximum Gasteiger partial charge on any atom is 0.107 e. The van der Waals surface area contributed by atoms with Crippen molar-refractivity contribution >= 4 is 27.5 Å². The molecule has 0 aromatic carbocycles. The molecule has 0 N–H and O–H groups in total. The number of hydrogen-bond acceptors (Lipinski definition) is 1. The Morgan fingerprint density at radius 3 is 2.55 bits per heavy atom. The maximum atomic E-state index is 5.82. The molecule has 0 bridgehead atoms. The zero-order chi connectivity index (χ0) is 8.43. The van der Waals surface area contributed by atoms with Crippen LogP contribution in [0.3, 0.4) is 0 Å². The van der Waals surface area contributed by atoms with E-state index in [0.717, 1.165) is 15.3 Å². The Morgan fingerprint density at radius 1 is 1.45 bits per heavy atom. The molecule has 0 unspecified atom stereocenters. The molecule has 3 heteroatoms. The van der Waals surface area contributed by atoms with E-state index < -0.39 is 0 Å². The van der Waals surface area contributed by atoms with E-state index in [2.05, 4.69) is 34.8 Å². The van der Waals surface area contributed by atoms with Crippen molar-refractivity contribution in [2.75, 3.05) is 0 Å². The molecule has 0 aliphatic carbocycles. The Kier molecular flexibility index (Phi) is 2.90. The molecular weight excluding hydrogens is 225 g/mol. The topological polar surface area (TPSA) is 12.9 Å². The van der Waals surface area contributed by atoms with Crippen molar-refractivity contribution in [2.24, 2.45) is 0 Å². The number of rotatable bonds is 1. The fraction of sp³-hybridized carbons (Fsp3) is 0.375. The van der Waals surface area contributed by atoms with Gasteiger partial charge in [-0.3, -0.25) is 0 Å². The van der Waals surface area contributed by atoms with Crippen LogP contribution in [0.1, 0.15) is 25.5 Å². The lowest BCUT2D eigenvalue weighted by Crippen LogP contribution is -1.92. The van der Waals surface area contributed by atoms with E-state index in [4.69, 9.17) is 11.6 Å². The minimum Gasteiger partial charge on any atom is -0.246 e. The van der Waals surface area contributed by atoms with Gasteiger partial charge in [0.2, 0.25) is 0 Å². The predicted molar refractivity (Wildman–Crippen MR) is 51.0 cm³/mol. The molecule has 0 aliphatic heterocycles. The Labute approximate surface area is 79.9 Å². The Hall–Kier alpha value is -0.0800. The molecule has 1 nitrogen and oxygen atoms in total. The van der Waals surface area contributed by atoms with Gasteiger partial charge in [0.25, 0.3) is 0 Å². The third kappa shape index (κ3) is 2.46. The largest absolute Gasteiger partial charge is 0.246 e. The van der Waals surface area contributed by atoms with Gasteiger partial charge in [0, 0.05) is 10.7 Å². The first-order valence-electron chi connectivity index (χ1n) is 3.42. The van der Waals surface area contributed by atoms with Crippen LogP contribution in [-0.2, 0) is 0 Å². The summed E-state index contributed by atoms with van der Waals surface area (Å²) in [5, 5.41) is 0.732. The smallest absolute Gasteiger partial charge is 0.107 e. The van der Waals surface area contributed by atoms with Crippen LogP contribution in [0.2, 0.25) is 5.02 Å². The van der Waals surface area contributed by atoms with Gasteiger partial charge in [0.05, 0.1) is 0 Å². The van der Waals surface area contributed by atoms with Crippen LogP contribution < -0.4 is 0 Å². The van der Waals surface area contributed by atoms with Crippen LogP contribution in [-0.4, -0.2) is 4.98 Å². The van der Waals surface area contributed by atoms with Crippen LogP contribution in [0.15, 0.2) is 16.7 Å². The van der Waals surface area contributed by atoms with Crippen molar-refractivity contribution in [3.63, 3.8) is 0 Å². The van der Waals surface area contributed by atoms with Crippen molar-refractivity contribution in [3.8, 4) is 0 Å². The number of nitrogens with zero attached hydrogens (tertiary/aromatic N) is 1. The standard InChI is InChI=1S/C8H9BrClN/c1-5(2)7-3-6(10)4-8(9)11-7/h3-5H,1-2H3. The monoisotopic (exact) mass is 233 g/mol. The first-order chi connectivity index (χ1) is 5.09. The van der Waals surface area contributed by atoms with Gasteiger partial charge in [-0.25, -0.2) is 4.98 Å². The van der Waals surface area contributed by atoms with E-state index in [9.17, 15) is 0 Å². The normalized spacial score (nSPS) is 10.6. The highest BCUT2D eigenvalue weighted by atomic mass is 79.9. The van der Waals surface area contributed by atoms with Gasteiger partial charge in [0.1, 0.15) is 4.60 Å². The van der Waals surface area contributed by atoms with Gasteiger partial charge in [-0.15, -0.1) is 0 Å². The van der Waals surface area contributed by atoms with Gasteiger partial charge in [-0.05, 0) is 34.0 Å². The van der Waals surface area contributed by atoms with Crippen molar-refractivity contribution in [2.45, 2.75) is 19.8 Å². The van der Waals surface area contributed by atoms with E-state index in [1.165, 1.54) is 0 Å². The lowest BCUT2D eigenvalue weighted by molar-refractivity contribution is 0.818. The van der Waals surface area contributed by atoms with E-state index >= 15 is 0 Å². The highest BCUT2D eigenvalue weighted by Crippen LogP contribution is 2.20. The van der Waals surface area contributed by atoms with Crippen LogP contribution in [0.25, 0.3) is 0 Å². The Balaban J connectivity index is 3.08. The SMILES string of the molecule is CC(C)c1cc(Cl)cc(Br)n1. The molecule has 1 aromatic rings. The summed E-state index contributed by atoms with van der Waals surface area (Å²) in [4.78, 5) is 4.27. The minimum atomic E-state index is 0.421. The van der Waals surface area contributed by atoms with E-state index in [1.807, 2.05) is 6.07 Å². The number of halogens is 2. The molecule has 0 spiro atoms. The molecule has 11 heavy (non-hydrogen) atoms. The molecule has 0 aliphatic rings. The van der Waals surface area contributed by atoms with E-state index in [1.54, 1.807) is 6.07 Å². The summed E-state index contributed by atoms with van der Waals surface area (Å²) < 4.78 is 0.800. The summed E-state index contributed by atoms with van der Waals surface area (Å²) in [6.07, 6.45) is 0. The number of pyridine rings is 1. The Bertz CT molecular complexity index is 240. The summed E-state index contributed by atoms with van der Waals surface area (Å²) in [6.45, 7) is 4.18. The lowest BCUT2D eigenvalue weighted by Gasteiger charge is -2.04. The van der Waals surface area contributed by atoms with Gasteiger partial charge in [-0.1, -0.05) is 25.4 Å². The van der Waals surface area contributed by atoms with Gasteiger partial charge >= 0.3 is 0 Å². The molecular formula is C8H9BrClN. The molecule has 60 valence electrons. The molecule has 0 radical (unpaired) electrons. The Morgan fingerprint density at radius 2 is 2.09 bits per heavy atom. The molecule has 0 saturated carbocycles. The first kappa shape index (κ1) is 9.01. The van der Waals surface area contributed by atoms with Crippen molar-refractivity contribution in [3.05, 3.63) is 27.5 Å². The van der Waals surface area contributed by atoms with Gasteiger partial charge < -0.3 is 0 Å². The second kappa shape index (κ2) is 3.55. The molecule has 1 heterocycles. The second-order valence-corrected chi connectivity index (χ2v) is 3.94. The average molecular weight is 235 g/mol. The van der Waals surface area contributed by atoms with Gasteiger partial charge in [0.15, 0.2) is 0 Å². The average Bonchev–Trinajstić information content (AvgIpc) is 1.85. The molecule has 0 fully saturated rings. The third-order valence-corrected chi connectivity index (χ3v) is 1.99. The zero-order valence-electron chi connectivity index (χ0n) is 6.44. The fourth-order valence-corrected chi connectivity index (χ4v) is 1.58. The molecule has 1 rings (SSSR count). The molecule has 1 aromatic heterocycles. The minimum absolute atomic E-state index is 0.421. The van der Waals surface area contributed by atoms with Crippen LogP contribution in [0.4, 0.5) is 0 Å². The lowest BCUT2D eigenvalue weighted by atomic mass is 10.1. The van der Waals surface area contributed by atoms with Gasteiger partial charge in [-0.2, -0.15) is 0 Å². The third-order valence-electron chi connectivity index (χ3n) is 1.37. The highest BCUT2D eigenvalue weighted by Gasteiger charge is 2.02. The van der Waals surface area contributed by atoms with E-state index in [-0.39, 0.29) is 0 Å².